The summed E-state index contributed by atoms with van der Waals surface area (Å²) in [5.74, 6) is 0.290. The number of hydrogen-bond acceptors (Lipinski definition) is 5. The van der Waals surface area contributed by atoms with Gasteiger partial charge in [0.1, 0.15) is 12.4 Å². The Kier molecular flexibility index (Phi) is 6.79. The molecule has 178 valence electrons. The minimum Gasteiger partial charge on any atom is -0.490 e. The molecule has 1 aliphatic rings. The summed E-state index contributed by atoms with van der Waals surface area (Å²) in [6, 6.07) is 21.0. The van der Waals surface area contributed by atoms with Gasteiger partial charge in [-0.2, -0.15) is 0 Å². The van der Waals surface area contributed by atoms with E-state index in [0.29, 0.717) is 23.6 Å². The highest BCUT2D eigenvalue weighted by Gasteiger charge is 2.28. The predicted molar refractivity (Wildman–Crippen MR) is 134 cm³/mol. The summed E-state index contributed by atoms with van der Waals surface area (Å²) in [6.07, 6.45) is 0. The largest absolute Gasteiger partial charge is 0.490 e. The number of sulfonamides is 1. The molecule has 0 saturated heterocycles. The minimum absolute atomic E-state index is 0.0334. The van der Waals surface area contributed by atoms with E-state index >= 15 is 0 Å². The molecule has 34 heavy (non-hydrogen) atoms. The van der Waals surface area contributed by atoms with Crippen molar-refractivity contribution < 1.29 is 17.9 Å². The zero-order chi connectivity index (χ0) is 24.3. The van der Waals surface area contributed by atoms with Crippen molar-refractivity contribution in [2.24, 2.45) is 0 Å². The van der Waals surface area contributed by atoms with Crippen molar-refractivity contribution in [3.8, 4) is 5.75 Å². The SMILES string of the molecule is CC(C)NC(=O)c1cccc(N(Cc2ccccc2)S(=O)(=O)c2ccc3c(c2)OCCN3C)c1. The van der Waals surface area contributed by atoms with Crippen LogP contribution in [0.5, 0.6) is 5.75 Å². The molecule has 0 fully saturated rings. The predicted octanol–water partition coefficient (Wildman–Crippen LogP) is 4.05. The van der Waals surface area contributed by atoms with E-state index < -0.39 is 10.0 Å². The van der Waals surface area contributed by atoms with Crippen LogP contribution < -0.4 is 19.3 Å². The Morgan fingerprint density at radius 3 is 2.56 bits per heavy atom. The molecule has 1 heterocycles. The Balaban J connectivity index is 1.77. The number of fused-ring (bicyclic) bond motifs is 1. The van der Waals surface area contributed by atoms with Gasteiger partial charge in [-0.1, -0.05) is 36.4 Å². The third-order valence-corrected chi connectivity index (χ3v) is 7.37. The van der Waals surface area contributed by atoms with Crippen molar-refractivity contribution in [2.45, 2.75) is 31.3 Å². The van der Waals surface area contributed by atoms with Gasteiger partial charge in [0.15, 0.2) is 0 Å². The molecule has 7 nitrogen and oxygen atoms in total. The van der Waals surface area contributed by atoms with E-state index in [4.69, 9.17) is 4.74 Å². The number of nitrogens with zero attached hydrogens (tertiary/aromatic N) is 2. The van der Waals surface area contributed by atoms with E-state index in [1.165, 1.54) is 4.31 Å². The van der Waals surface area contributed by atoms with Crippen LogP contribution in [0.3, 0.4) is 0 Å². The number of carbonyl (C=O) groups excluding carboxylic acids is 1. The summed E-state index contributed by atoms with van der Waals surface area (Å²) in [7, 11) is -2.02. The quantitative estimate of drug-likeness (QED) is 0.553. The Labute approximate surface area is 201 Å². The van der Waals surface area contributed by atoms with Crippen molar-refractivity contribution in [1.82, 2.24) is 5.32 Å². The van der Waals surface area contributed by atoms with Crippen molar-refractivity contribution in [1.29, 1.82) is 0 Å². The smallest absolute Gasteiger partial charge is 0.264 e. The topological polar surface area (TPSA) is 79.0 Å². The van der Waals surface area contributed by atoms with Gasteiger partial charge in [-0.05, 0) is 49.7 Å². The molecule has 0 bridgehead atoms. The molecule has 0 unspecified atom stereocenters. The standard InChI is InChI=1S/C26H29N3O4S/c1-19(2)27-26(30)21-10-7-11-22(16-21)29(18-20-8-5-4-6-9-20)34(31,32)23-12-13-24-25(17-23)33-15-14-28(24)3/h4-13,16-17,19H,14-15,18H2,1-3H3,(H,27,30). The van der Waals surface area contributed by atoms with Gasteiger partial charge < -0.3 is 15.0 Å². The molecular weight excluding hydrogens is 450 g/mol. The number of benzene rings is 3. The van der Waals surface area contributed by atoms with Crippen LogP contribution in [-0.2, 0) is 16.6 Å². The van der Waals surface area contributed by atoms with E-state index in [1.54, 1.807) is 42.5 Å². The molecular formula is C26H29N3O4S. The number of amides is 1. The molecule has 1 aliphatic heterocycles. The molecule has 3 aromatic rings. The summed E-state index contributed by atoms with van der Waals surface area (Å²) in [5.41, 5.74) is 2.50. The molecule has 0 aromatic heterocycles. The maximum Gasteiger partial charge on any atom is 0.264 e. The van der Waals surface area contributed by atoms with Gasteiger partial charge in [-0.15, -0.1) is 0 Å². The van der Waals surface area contributed by atoms with Crippen LogP contribution >= 0.6 is 0 Å². The van der Waals surface area contributed by atoms with E-state index in [0.717, 1.165) is 17.8 Å². The first-order valence-corrected chi connectivity index (χ1v) is 12.7. The van der Waals surface area contributed by atoms with Crippen molar-refractivity contribution in [3.63, 3.8) is 0 Å². The zero-order valence-electron chi connectivity index (χ0n) is 19.6. The number of ether oxygens (including phenoxy) is 1. The van der Waals surface area contributed by atoms with E-state index in [2.05, 4.69) is 5.32 Å². The van der Waals surface area contributed by atoms with Gasteiger partial charge in [0.25, 0.3) is 15.9 Å². The van der Waals surface area contributed by atoms with Crippen molar-refractivity contribution in [3.05, 3.63) is 83.9 Å². The first-order chi connectivity index (χ1) is 16.3. The fourth-order valence-electron chi connectivity index (χ4n) is 3.84. The summed E-state index contributed by atoms with van der Waals surface area (Å²) in [4.78, 5) is 14.8. The molecule has 0 aliphatic carbocycles. The van der Waals surface area contributed by atoms with Gasteiger partial charge in [0.2, 0.25) is 0 Å². The second-order valence-electron chi connectivity index (χ2n) is 8.58. The van der Waals surface area contributed by atoms with Crippen LogP contribution in [0.25, 0.3) is 0 Å². The van der Waals surface area contributed by atoms with Gasteiger partial charge >= 0.3 is 0 Å². The number of anilines is 2. The molecule has 4 rings (SSSR count). The molecule has 1 N–H and O–H groups in total. The normalized spacial score (nSPS) is 13.2. The lowest BCUT2D eigenvalue weighted by Gasteiger charge is -2.29. The van der Waals surface area contributed by atoms with E-state index in [9.17, 15) is 13.2 Å². The summed E-state index contributed by atoms with van der Waals surface area (Å²) >= 11 is 0. The lowest BCUT2D eigenvalue weighted by molar-refractivity contribution is 0.0943. The molecule has 0 radical (unpaired) electrons. The third-order valence-electron chi connectivity index (χ3n) is 5.60. The van der Waals surface area contributed by atoms with Crippen molar-refractivity contribution >= 4 is 27.3 Å². The molecule has 0 atom stereocenters. The molecule has 8 heteroatoms. The maximum atomic E-state index is 13.9. The molecule has 0 saturated carbocycles. The summed E-state index contributed by atoms with van der Waals surface area (Å²) < 4.78 is 34.9. The van der Waals surface area contributed by atoms with Crippen LogP contribution in [-0.4, -0.2) is 40.6 Å². The lowest BCUT2D eigenvalue weighted by Crippen LogP contribution is -2.33. The van der Waals surface area contributed by atoms with E-state index in [-0.39, 0.29) is 23.4 Å². The number of nitrogens with one attached hydrogen (secondary N) is 1. The van der Waals surface area contributed by atoms with Crippen LogP contribution in [0.2, 0.25) is 0 Å². The second kappa shape index (κ2) is 9.77. The number of rotatable bonds is 7. The lowest BCUT2D eigenvalue weighted by atomic mass is 10.1. The average Bonchev–Trinajstić information content (AvgIpc) is 2.82. The number of likely N-dealkylation sites (N-methyl/N-ethyl adjacent to an activating group) is 1. The van der Waals surface area contributed by atoms with Crippen LogP contribution in [0.15, 0.2) is 77.7 Å². The Morgan fingerprint density at radius 1 is 1.06 bits per heavy atom. The second-order valence-corrected chi connectivity index (χ2v) is 10.4. The highest BCUT2D eigenvalue weighted by molar-refractivity contribution is 7.92. The van der Waals surface area contributed by atoms with E-state index in [1.807, 2.05) is 56.1 Å². The Hall–Kier alpha value is -3.52. The summed E-state index contributed by atoms with van der Waals surface area (Å²) in [6.45, 7) is 5.11. The monoisotopic (exact) mass is 479 g/mol. The third kappa shape index (κ3) is 5.02. The first kappa shape index (κ1) is 23.6. The zero-order valence-corrected chi connectivity index (χ0v) is 20.4. The summed E-state index contributed by atoms with van der Waals surface area (Å²) in [5, 5.41) is 2.86. The highest BCUT2D eigenvalue weighted by Crippen LogP contribution is 2.35. The van der Waals surface area contributed by atoms with Gasteiger partial charge in [0, 0.05) is 24.7 Å². The van der Waals surface area contributed by atoms with Gasteiger partial charge in [-0.3, -0.25) is 9.10 Å². The minimum atomic E-state index is -3.97. The van der Waals surface area contributed by atoms with Crippen LogP contribution in [0, 0.1) is 0 Å². The molecule has 1 amide bonds. The highest BCUT2D eigenvalue weighted by atomic mass is 32.2. The van der Waals surface area contributed by atoms with Crippen LogP contribution in [0.4, 0.5) is 11.4 Å². The average molecular weight is 480 g/mol. The maximum absolute atomic E-state index is 13.9. The van der Waals surface area contributed by atoms with Gasteiger partial charge in [0.05, 0.1) is 29.4 Å². The Morgan fingerprint density at radius 2 is 1.82 bits per heavy atom. The number of carbonyl (C=O) groups is 1. The first-order valence-electron chi connectivity index (χ1n) is 11.2. The molecule has 3 aromatic carbocycles. The fraction of sp³-hybridized carbons (Fsp3) is 0.269. The van der Waals surface area contributed by atoms with Crippen molar-refractivity contribution in [2.75, 3.05) is 29.4 Å². The fourth-order valence-corrected chi connectivity index (χ4v) is 5.30. The number of hydrogen-bond donors (Lipinski definition) is 1. The Bertz CT molecular complexity index is 1280. The van der Waals surface area contributed by atoms with Gasteiger partial charge in [-0.25, -0.2) is 8.42 Å². The molecule has 0 spiro atoms. The van der Waals surface area contributed by atoms with Crippen LogP contribution in [0.1, 0.15) is 29.8 Å².